The van der Waals surface area contributed by atoms with Gasteiger partial charge in [-0.15, -0.1) is 0 Å². The molecule has 4 nitrogen and oxygen atoms in total. The lowest BCUT2D eigenvalue weighted by Gasteiger charge is -2.33. The Morgan fingerprint density at radius 1 is 1.32 bits per heavy atom. The van der Waals surface area contributed by atoms with Gasteiger partial charge < -0.3 is 14.2 Å². The van der Waals surface area contributed by atoms with Gasteiger partial charge in [-0.2, -0.15) is 0 Å². The van der Waals surface area contributed by atoms with E-state index in [1.165, 1.54) is 6.07 Å². The number of rotatable bonds is 5. The van der Waals surface area contributed by atoms with Crippen LogP contribution < -0.4 is 9.64 Å². The van der Waals surface area contributed by atoms with E-state index in [0.29, 0.717) is 5.88 Å². The van der Waals surface area contributed by atoms with Crippen molar-refractivity contribution in [3.8, 4) is 5.88 Å². The van der Waals surface area contributed by atoms with Crippen LogP contribution in [0.4, 0.5) is 10.1 Å². The predicted molar refractivity (Wildman–Crippen MR) is 82.8 cm³/mol. The summed E-state index contributed by atoms with van der Waals surface area (Å²) >= 11 is 0. The fourth-order valence-corrected chi connectivity index (χ4v) is 2.79. The molecule has 0 amide bonds. The standard InChI is InChI=1S/C17H21FN2O2/c1-2-4-16-12-17(19-22-16)21-15-7-9-20(10-8-15)14-6-3-5-13(18)11-14/h3,5-6,11-12,15H,2,4,7-10H2,1H3. The number of anilines is 1. The van der Waals surface area contributed by atoms with E-state index in [4.69, 9.17) is 9.26 Å². The Labute approximate surface area is 129 Å². The van der Waals surface area contributed by atoms with Crippen molar-refractivity contribution in [1.82, 2.24) is 5.16 Å². The number of ether oxygens (including phenoxy) is 1. The molecule has 0 radical (unpaired) electrons. The first-order valence-corrected chi connectivity index (χ1v) is 7.87. The van der Waals surface area contributed by atoms with Gasteiger partial charge in [-0.05, 0) is 29.8 Å². The highest BCUT2D eigenvalue weighted by molar-refractivity contribution is 5.46. The molecular formula is C17H21FN2O2. The third-order valence-corrected chi connectivity index (χ3v) is 3.94. The van der Waals surface area contributed by atoms with Crippen molar-refractivity contribution in [1.29, 1.82) is 0 Å². The van der Waals surface area contributed by atoms with Gasteiger partial charge >= 0.3 is 0 Å². The van der Waals surface area contributed by atoms with Gasteiger partial charge in [0.25, 0.3) is 5.88 Å². The highest BCUT2D eigenvalue weighted by Gasteiger charge is 2.22. The Morgan fingerprint density at radius 2 is 2.14 bits per heavy atom. The van der Waals surface area contributed by atoms with Crippen molar-refractivity contribution in [3.05, 3.63) is 41.9 Å². The van der Waals surface area contributed by atoms with Crippen LogP contribution in [0, 0.1) is 5.82 Å². The van der Waals surface area contributed by atoms with Crippen molar-refractivity contribution in [2.75, 3.05) is 18.0 Å². The quantitative estimate of drug-likeness (QED) is 0.842. The third kappa shape index (κ3) is 3.59. The molecule has 0 spiro atoms. The van der Waals surface area contributed by atoms with Crippen LogP contribution in [0.1, 0.15) is 31.9 Å². The number of benzene rings is 1. The van der Waals surface area contributed by atoms with Crippen molar-refractivity contribution >= 4 is 5.69 Å². The second-order valence-corrected chi connectivity index (χ2v) is 5.67. The Bertz CT molecular complexity index is 606. The largest absolute Gasteiger partial charge is 0.472 e. The molecule has 1 saturated heterocycles. The van der Waals surface area contributed by atoms with Gasteiger partial charge in [0.1, 0.15) is 17.7 Å². The molecule has 0 saturated carbocycles. The van der Waals surface area contributed by atoms with Crippen molar-refractivity contribution in [2.45, 2.75) is 38.7 Å². The van der Waals surface area contributed by atoms with Crippen molar-refractivity contribution in [2.24, 2.45) is 0 Å². The molecule has 118 valence electrons. The van der Waals surface area contributed by atoms with Gasteiger partial charge in [-0.3, -0.25) is 0 Å². The lowest BCUT2D eigenvalue weighted by molar-refractivity contribution is 0.156. The first-order chi connectivity index (χ1) is 10.7. The number of aryl methyl sites for hydroxylation is 1. The molecular weight excluding hydrogens is 283 g/mol. The first-order valence-electron chi connectivity index (χ1n) is 7.87. The zero-order chi connectivity index (χ0) is 15.4. The van der Waals surface area contributed by atoms with E-state index in [1.807, 2.05) is 12.1 Å². The predicted octanol–water partition coefficient (Wildman–Crippen LogP) is 3.81. The van der Waals surface area contributed by atoms with Gasteiger partial charge in [0.05, 0.1) is 0 Å². The average molecular weight is 304 g/mol. The summed E-state index contributed by atoms with van der Waals surface area (Å²) < 4.78 is 24.4. The number of nitrogens with zero attached hydrogens (tertiary/aromatic N) is 2. The Hall–Kier alpha value is -2.04. The molecule has 1 aromatic heterocycles. The summed E-state index contributed by atoms with van der Waals surface area (Å²) in [5.41, 5.74) is 0.935. The Kier molecular flexibility index (Phi) is 4.61. The number of piperidine rings is 1. The minimum Gasteiger partial charge on any atom is -0.472 e. The van der Waals surface area contributed by atoms with E-state index in [2.05, 4.69) is 17.0 Å². The lowest BCUT2D eigenvalue weighted by atomic mass is 10.1. The fraction of sp³-hybridized carbons (Fsp3) is 0.471. The minimum absolute atomic E-state index is 0.143. The molecule has 22 heavy (non-hydrogen) atoms. The van der Waals surface area contributed by atoms with E-state index in [-0.39, 0.29) is 11.9 Å². The summed E-state index contributed by atoms with van der Waals surface area (Å²) in [6, 6.07) is 8.62. The summed E-state index contributed by atoms with van der Waals surface area (Å²) in [6.45, 7) is 3.81. The summed E-state index contributed by atoms with van der Waals surface area (Å²) in [7, 11) is 0. The second-order valence-electron chi connectivity index (χ2n) is 5.67. The Balaban J connectivity index is 1.53. The molecule has 2 heterocycles. The minimum atomic E-state index is -0.193. The van der Waals surface area contributed by atoms with Gasteiger partial charge in [0.15, 0.2) is 0 Å². The maximum atomic E-state index is 13.3. The highest BCUT2D eigenvalue weighted by Crippen LogP contribution is 2.23. The molecule has 3 rings (SSSR count). The van der Waals surface area contributed by atoms with E-state index in [1.54, 1.807) is 12.1 Å². The zero-order valence-corrected chi connectivity index (χ0v) is 12.8. The molecule has 0 bridgehead atoms. The smallest absolute Gasteiger partial charge is 0.254 e. The van der Waals surface area contributed by atoms with Crippen molar-refractivity contribution in [3.63, 3.8) is 0 Å². The summed E-state index contributed by atoms with van der Waals surface area (Å²) in [5, 5.41) is 3.96. The molecule has 5 heteroatoms. The fourth-order valence-electron chi connectivity index (χ4n) is 2.79. The second kappa shape index (κ2) is 6.81. The van der Waals surface area contributed by atoms with Crippen LogP contribution in [0.25, 0.3) is 0 Å². The number of aromatic nitrogens is 1. The molecule has 1 aromatic carbocycles. The average Bonchev–Trinajstić information content (AvgIpc) is 2.96. The third-order valence-electron chi connectivity index (χ3n) is 3.94. The van der Waals surface area contributed by atoms with Crippen LogP contribution in [0.3, 0.4) is 0 Å². The maximum Gasteiger partial charge on any atom is 0.254 e. The molecule has 1 aliphatic rings. The van der Waals surface area contributed by atoms with Gasteiger partial charge in [-0.1, -0.05) is 13.0 Å². The summed E-state index contributed by atoms with van der Waals surface area (Å²) in [4.78, 5) is 2.19. The van der Waals surface area contributed by atoms with E-state index >= 15 is 0 Å². The number of halogens is 1. The molecule has 0 unspecified atom stereocenters. The van der Waals surface area contributed by atoms with Crippen molar-refractivity contribution < 1.29 is 13.7 Å². The van der Waals surface area contributed by atoms with E-state index < -0.39 is 0 Å². The Morgan fingerprint density at radius 3 is 2.86 bits per heavy atom. The van der Waals surface area contributed by atoms with Gasteiger partial charge in [0, 0.05) is 44.1 Å². The summed E-state index contributed by atoms with van der Waals surface area (Å²) in [6.07, 6.45) is 3.85. The lowest BCUT2D eigenvalue weighted by Crippen LogP contribution is -2.38. The molecule has 2 aromatic rings. The molecule has 0 atom stereocenters. The van der Waals surface area contributed by atoms with Crippen LogP contribution in [-0.4, -0.2) is 24.4 Å². The van der Waals surface area contributed by atoms with Crippen LogP contribution in [0.2, 0.25) is 0 Å². The van der Waals surface area contributed by atoms with Crippen LogP contribution in [0.5, 0.6) is 5.88 Å². The number of hydrogen-bond acceptors (Lipinski definition) is 4. The van der Waals surface area contributed by atoms with E-state index in [0.717, 1.165) is 50.2 Å². The maximum absolute atomic E-state index is 13.3. The molecule has 1 aliphatic heterocycles. The highest BCUT2D eigenvalue weighted by atomic mass is 19.1. The molecule has 1 fully saturated rings. The van der Waals surface area contributed by atoms with Crippen LogP contribution in [0.15, 0.2) is 34.9 Å². The van der Waals surface area contributed by atoms with Gasteiger partial charge in [-0.25, -0.2) is 4.39 Å². The van der Waals surface area contributed by atoms with Gasteiger partial charge in [0.2, 0.25) is 0 Å². The zero-order valence-electron chi connectivity index (χ0n) is 12.8. The SMILES string of the molecule is CCCc1cc(OC2CCN(c3cccc(F)c3)CC2)no1. The van der Waals surface area contributed by atoms with E-state index in [9.17, 15) is 4.39 Å². The monoisotopic (exact) mass is 304 g/mol. The first kappa shape index (κ1) is 14.9. The van der Waals surface area contributed by atoms with Crippen LogP contribution >= 0.6 is 0 Å². The summed E-state index contributed by atoms with van der Waals surface area (Å²) in [5.74, 6) is 1.25. The van der Waals surface area contributed by atoms with Crippen LogP contribution in [-0.2, 0) is 6.42 Å². The molecule has 0 aliphatic carbocycles. The molecule has 0 N–H and O–H groups in total. The topological polar surface area (TPSA) is 38.5 Å². The normalized spacial score (nSPS) is 16.0. The number of hydrogen-bond donors (Lipinski definition) is 0.